The lowest BCUT2D eigenvalue weighted by atomic mass is 9.87. The quantitative estimate of drug-likeness (QED) is 0.860. The van der Waals surface area contributed by atoms with Crippen LogP contribution in [-0.4, -0.2) is 9.78 Å². The summed E-state index contributed by atoms with van der Waals surface area (Å²) in [4.78, 5) is 0. The van der Waals surface area contributed by atoms with Crippen LogP contribution in [0.4, 0.5) is 0 Å². The first-order valence-electron chi connectivity index (χ1n) is 5.86. The van der Waals surface area contributed by atoms with Gasteiger partial charge in [0.25, 0.3) is 0 Å². The van der Waals surface area contributed by atoms with Crippen LogP contribution in [-0.2, 0) is 12.0 Å². The Balaban J connectivity index is 2.29. The Labute approximate surface area is 102 Å². The Morgan fingerprint density at radius 1 is 1.12 bits per heavy atom. The Kier molecular flexibility index (Phi) is 3.03. The van der Waals surface area contributed by atoms with Crippen LogP contribution >= 0.6 is 0 Å². The summed E-state index contributed by atoms with van der Waals surface area (Å²) in [6.45, 7) is 7.11. The van der Waals surface area contributed by atoms with Gasteiger partial charge in [0.05, 0.1) is 11.4 Å². The molecule has 17 heavy (non-hydrogen) atoms. The van der Waals surface area contributed by atoms with E-state index in [2.05, 4.69) is 50.1 Å². The number of hydrogen-bond donors (Lipinski definition) is 1. The van der Waals surface area contributed by atoms with Crippen LogP contribution in [0.25, 0.3) is 5.69 Å². The third kappa shape index (κ3) is 2.56. The minimum Gasteiger partial charge on any atom is -0.325 e. The third-order valence-electron chi connectivity index (χ3n) is 2.85. The summed E-state index contributed by atoms with van der Waals surface area (Å²) < 4.78 is 1.86. The molecule has 1 aromatic heterocycles. The van der Waals surface area contributed by atoms with E-state index in [1.54, 1.807) is 0 Å². The standard InChI is InChI=1S/C14H19N3/c1-14(2,3)11-4-6-13(7-5-11)17-9-8-12(10-15)16-17/h4-9H,10,15H2,1-3H3. The van der Waals surface area contributed by atoms with Gasteiger partial charge in [0, 0.05) is 12.7 Å². The lowest BCUT2D eigenvalue weighted by molar-refractivity contribution is 0.590. The molecule has 0 atom stereocenters. The molecule has 0 aliphatic heterocycles. The fourth-order valence-corrected chi connectivity index (χ4v) is 1.73. The fourth-order valence-electron chi connectivity index (χ4n) is 1.73. The maximum absolute atomic E-state index is 5.55. The van der Waals surface area contributed by atoms with Crippen molar-refractivity contribution >= 4 is 0 Å². The summed E-state index contributed by atoms with van der Waals surface area (Å²) >= 11 is 0. The molecular formula is C14H19N3. The zero-order valence-corrected chi connectivity index (χ0v) is 10.6. The molecule has 90 valence electrons. The van der Waals surface area contributed by atoms with E-state index in [0.29, 0.717) is 6.54 Å². The van der Waals surface area contributed by atoms with Crippen LogP contribution in [0, 0.1) is 0 Å². The van der Waals surface area contributed by atoms with Crippen LogP contribution in [0.3, 0.4) is 0 Å². The topological polar surface area (TPSA) is 43.8 Å². The molecule has 0 bridgehead atoms. The molecule has 0 spiro atoms. The molecule has 1 aromatic carbocycles. The van der Waals surface area contributed by atoms with E-state index in [9.17, 15) is 0 Å². The van der Waals surface area contributed by atoms with Crippen LogP contribution in [0.15, 0.2) is 36.5 Å². The summed E-state index contributed by atoms with van der Waals surface area (Å²) in [6, 6.07) is 10.4. The highest BCUT2D eigenvalue weighted by atomic mass is 15.3. The van der Waals surface area contributed by atoms with E-state index >= 15 is 0 Å². The molecule has 0 amide bonds. The number of hydrogen-bond acceptors (Lipinski definition) is 2. The molecule has 3 nitrogen and oxygen atoms in total. The molecule has 0 radical (unpaired) electrons. The molecule has 0 aliphatic rings. The minimum absolute atomic E-state index is 0.186. The Bertz CT molecular complexity index is 489. The normalized spacial score (nSPS) is 11.8. The van der Waals surface area contributed by atoms with Gasteiger partial charge in [-0.2, -0.15) is 5.10 Å². The predicted octanol–water partition coefficient (Wildman–Crippen LogP) is 2.63. The van der Waals surface area contributed by atoms with Gasteiger partial charge in [-0.05, 0) is 29.2 Å². The molecule has 0 saturated carbocycles. The molecule has 0 aliphatic carbocycles. The van der Waals surface area contributed by atoms with Crippen molar-refractivity contribution in [2.75, 3.05) is 0 Å². The molecule has 1 heterocycles. The molecule has 0 saturated heterocycles. The first kappa shape index (κ1) is 11.9. The summed E-state index contributed by atoms with van der Waals surface area (Å²) in [5, 5.41) is 4.38. The van der Waals surface area contributed by atoms with Crippen molar-refractivity contribution in [2.24, 2.45) is 5.73 Å². The van der Waals surface area contributed by atoms with Gasteiger partial charge in [-0.25, -0.2) is 4.68 Å². The van der Waals surface area contributed by atoms with E-state index in [1.165, 1.54) is 5.56 Å². The summed E-state index contributed by atoms with van der Waals surface area (Å²) in [6.07, 6.45) is 1.94. The summed E-state index contributed by atoms with van der Waals surface area (Å²) in [5.41, 5.74) is 9.03. The molecular weight excluding hydrogens is 210 g/mol. The lowest BCUT2D eigenvalue weighted by Crippen LogP contribution is -2.11. The van der Waals surface area contributed by atoms with Gasteiger partial charge < -0.3 is 5.73 Å². The predicted molar refractivity (Wildman–Crippen MR) is 70.2 cm³/mol. The van der Waals surface area contributed by atoms with E-state index in [0.717, 1.165) is 11.4 Å². The second-order valence-electron chi connectivity index (χ2n) is 5.25. The van der Waals surface area contributed by atoms with Crippen molar-refractivity contribution in [3.05, 3.63) is 47.8 Å². The highest BCUT2D eigenvalue weighted by molar-refractivity contribution is 5.36. The largest absolute Gasteiger partial charge is 0.325 e. The second kappa shape index (κ2) is 4.34. The first-order valence-corrected chi connectivity index (χ1v) is 5.86. The zero-order chi connectivity index (χ0) is 12.5. The Hall–Kier alpha value is -1.61. The zero-order valence-electron chi connectivity index (χ0n) is 10.6. The smallest absolute Gasteiger partial charge is 0.0764 e. The highest BCUT2D eigenvalue weighted by Gasteiger charge is 2.13. The monoisotopic (exact) mass is 229 g/mol. The van der Waals surface area contributed by atoms with Gasteiger partial charge in [-0.1, -0.05) is 32.9 Å². The van der Waals surface area contributed by atoms with Crippen molar-refractivity contribution in [1.29, 1.82) is 0 Å². The lowest BCUT2D eigenvalue weighted by Gasteiger charge is -2.19. The molecule has 2 aromatic rings. The van der Waals surface area contributed by atoms with E-state index in [4.69, 9.17) is 5.73 Å². The SMILES string of the molecule is CC(C)(C)c1ccc(-n2ccc(CN)n2)cc1. The second-order valence-corrected chi connectivity index (χ2v) is 5.25. The number of benzene rings is 1. The summed E-state index contributed by atoms with van der Waals surface area (Å²) in [7, 11) is 0. The van der Waals surface area contributed by atoms with Crippen molar-refractivity contribution in [1.82, 2.24) is 9.78 Å². The third-order valence-corrected chi connectivity index (χ3v) is 2.85. The van der Waals surface area contributed by atoms with Crippen LogP contribution in [0.1, 0.15) is 32.0 Å². The van der Waals surface area contributed by atoms with Gasteiger partial charge in [-0.3, -0.25) is 0 Å². The van der Waals surface area contributed by atoms with Crippen molar-refractivity contribution in [3.8, 4) is 5.69 Å². The molecule has 0 unspecified atom stereocenters. The van der Waals surface area contributed by atoms with Gasteiger partial charge in [0.2, 0.25) is 0 Å². The molecule has 2 rings (SSSR count). The van der Waals surface area contributed by atoms with Crippen molar-refractivity contribution in [2.45, 2.75) is 32.7 Å². The van der Waals surface area contributed by atoms with Gasteiger partial charge in [0.1, 0.15) is 0 Å². The average molecular weight is 229 g/mol. The minimum atomic E-state index is 0.186. The fraction of sp³-hybridized carbons (Fsp3) is 0.357. The highest BCUT2D eigenvalue weighted by Crippen LogP contribution is 2.22. The van der Waals surface area contributed by atoms with E-state index < -0.39 is 0 Å². The van der Waals surface area contributed by atoms with Crippen LogP contribution < -0.4 is 5.73 Å². The first-order chi connectivity index (χ1) is 8.00. The van der Waals surface area contributed by atoms with E-state index in [-0.39, 0.29) is 5.41 Å². The van der Waals surface area contributed by atoms with Gasteiger partial charge in [0.15, 0.2) is 0 Å². The Morgan fingerprint density at radius 2 is 1.76 bits per heavy atom. The van der Waals surface area contributed by atoms with Crippen molar-refractivity contribution in [3.63, 3.8) is 0 Å². The van der Waals surface area contributed by atoms with E-state index in [1.807, 2.05) is 16.9 Å². The molecule has 3 heteroatoms. The van der Waals surface area contributed by atoms with Gasteiger partial charge in [-0.15, -0.1) is 0 Å². The summed E-state index contributed by atoms with van der Waals surface area (Å²) in [5.74, 6) is 0. The number of aromatic nitrogens is 2. The van der Waals surface area contributed by atoms with Crippen LogP contribution in [0.2, 0.25) is 0 Å². The maximum atomic E-state index is 5.55. The van der Waals surface area contributed by atoms with Crippen LogP contribution in [0.5, 0.6) is 0 Å². The maximum Gasteiger partial charge on any atom is 0.0764 e. The number of nitrogens with two attached hydrogens (primary N) is 1. The average Bonchev–Trinajstić information content (AvgIpc) is 2.76. The number of rotatable bonds is 2. The van der Waals surface area contributed by atoms with Crippen molar-refractivity contribution < 1.29 is 0 Å². The molecule has 2 N–H and O–H groups in total. The Morgan fingerprint density at radius 3 is 2.24 bits per heavy atom. The molecule has 0 fully saturated rings. The van der Waals surface area contributed by atoms with Gasteiger partial charge >= 0.3 is 0 Å². The number of nitrogens with zero attached hydrogens (tertiary/aromatic N) is 2.